The van der Waals surface area contributed by atoms with E-state index in [1.54, 1.807) is 0 Å². The second kappa shape index (κ2) is 1.93. The average Bonchev–Trinajstić information content (AvgIpc) is 2.35. The Balaban J connectivity index is 2.64. The maximum Gasteiger partial charge on any atom is 0.211 e. The van der Waals surface area contributed by atoms with Crippen LogP contribution in [0.5, 0.6) is 0 Å². The summed E-state index contributed by atoms with van der Waals surface area (Å²) in [6.07, 6.45) is 0.968. The number of carbonyl (C=O) groups is 1. The number of rotatable bonds is 2. The molecule has 0 aromatic heterocycles. The number of carboxylic acid groups (broad SMARTS) is 1. The smallest absolute Gasteiger partial charge is 0.211 e. The molecule has 0 amide bonds. The summed E-state index contributed by atoms with van der Waals surface area (Å²) >= 11 is 0. The predicted molar refractivity (Wildman–Crippen MR) is 30.3 cm³/mol. The molecule has 1 fully saturated rings. The van der Waals surface area contributed by atoms with E-state index in [2.05, 4.69) is 0 Å². The summed E-state index contributed by atoms with van der Waals surface area (Å²) in [4.78, 5) is 10.0. The van der Waals surface area contributed by atoms with E-state index in [-0.39, 0.29) is 6.54 Å². The van der Waals surface area contributed by atoms with Crippen LogP contribution < -0.4 is 5.11 Å². The van der Waals surface area contributed by atoms with Crippen LogP contribution >= 0.6 is 0 Å². The fourth-order valence-electron chi connectivity index (χ4n) is 0.682. The van der Waals surface area contributed by atoms with Crippen molar-refractivity contribution >= 4 is 16.0 Å². The molecular formula is C4H6NO4S-. The van der Waals surface area contributed by atoms with E-state index >= 15 is 0 Å². The summed E-state index contributed by atoms with van der Waals surface area (Å²) in [5.41, 5.74) is 0. The highest BCUT2D eigenvalue weighted by Gasteiger charge is 2.42. The first kappa shape index (κ1) is 7.49. The van der Waals surface area contributed by atoms with Crippen LogP contribution in [0.4, 0.5) is 0 Å². The van der Waals surface area contributed by atoms with Crippen LogP contribution in [-0.4, -0.2) is 37.5 Å². The normalized spacial score (nSPS) is 31.7. The van der Waals surface area contributed by atoms with Crippen molar-refractivity contribution in [3.8, 4) is 0 Å². The molecule has 0 spiro atoms. The predicted octanol–water partition coefficient (Wildman–Crippen LogP) is -2.62. The Bertz CT molecular complexity index is 256. The fraction of sp³-hybridized carbons (Fsp3) is 0.750. The lowest BCUT2D eigenvalue weighted by atomic mass is 10.5. The minimum absolute atomic E-state index is 0.0567. The summed E-state index contributed by atoms with van der Waals surface area (Å²) in [7, 11) is -3.31. The molecule has 1 rings (SSSR count). The summed E-state index contributed by atoms with van der Waals surface area (Å²) in [6, 6.07) is -0.921. The molecule has 0 bridgehead atoms. The van der Waals surface area contributed by atoms with Crippen molar-refractivity contribution in [1.82, 2.24) is 4.31 Å². The molecule has 2 unspecified atom stereocenters. The number of hydrogen-bond acceptors (Lipinski definition) is 4. The van der Waals surface area contributed by atoms with E-state index < -0.39 is 22.0 Å². The largest absolute Gasteiger partial charge is 0.548 e. The van der Waals surface area contributed by atoms with Gasteiger partial charge >= 0.3 is 0 Å². The molecule has 1 aliphatic heterocycles. The molecule has 6 heteroatoms. The lowest BCUT2D eigenvalue weighted by molar-refractivity contribution is -0.305. The molecule has 2 atom stereocenters. The molecule has 0 aromatic carbocycles. The first-order chi connectivity index (χ1) is 4.43. The Kier molecular flexibility index (Phi) is 1.44. The topological polar surface area (TPSA) is 77.3 Å². The molecule has 5 nitrogen and oxygen atoms in total. The molecular weight excluding hydrogens is 158 g/mol. The van der Waals surface area contributed by atoms with Crippen LogP contribution in [0.15, 0.2) is 0 Å². The first-order valence-electron chi connectivity index (χ1n) is 2.60. The molecule has 0 aromatic rings. The van der Waals surface area contributed by atoms with E-state index in [1.807, 2.05) is 0 Å². The van der Waals surface area contributed by atoms with Crippen LogP contribution in [0.2, 0.25) is 0 Å². The Hall–Kier alpha value is -0.620. The number of carboxylic acids is 1. The Labute approximate surface area is 58.3 Å². The van der Waals surface area contributed by atoms with Gasteiger partial charge in [-0.25, -0.2) is 8.42 Å². The van der Waals surface area contributed by atoms with Gasteiger partial charge in [0.25, 0.3) is 0 Å². The van der Waals surface area contributed by atoms with Gasteiger partial charge in [-0.2, -0.15) is 4.31 Å². The summed E-state index contributed by atoms with van der Waals surface area (Å²) in [6.45, 7) is 0.0567. The lowest BCUT2D eigenvalue weighted by Crippen LogP contribution is -2.31. The van der Waals surface area contributed by atoms with Crippen LogP contribution in [0.25, 0.3) is 0 Å². The van der Waals surface area contributed by atoms with E-state index in [4.69, 9.17) is 0 Å². The van der Waals surface area contributed by atoms with Crippen molar-refractivity contribution in [3.63, 3.8) is 0 Å². The molecule has 1 heterocycles. The zero-order valence-electron chi connectivity index (χ0n) is 5.27. The van der Waals surface area contributed by atoms with Crippen LogP contribution in [0, 0.1) is 0 Å². The highest BCUT2D eigenvalue weighted by molar-refractivity contribution is 7.88. The van der Waals surface area contributed by atoms with E-state index in [9.17, 15) is 18.3 Å². The zero-order chi connectivity index (χ0) is 7.94. The monoisotopic (exact) mass is 164 g/mol. The second-order valence-electron chi connectivity index (χ2n) is 2.17. The Morgan fingerprint density at radius 3 is 2.30 bits per heavy atom. The van der Waals surface area contributed by atoms with Gasteiger partial charge in [0.15, 0.2) is 0 Å². The molecule has 58 valence electrons. The van der Waals surface area contributed by atoms with Gasteiger partial charge in [-0.3, -0.25) is 0 Å². The van der Waals surface area contributed by atoms with Gasteiger partial charge in [-0.15, -0.1) is 0 Å². The number of carbonyl (C=O) groups excluding carboxylic acids is 1. The number of aliphatic carboxylic acids is 1. The SMILES string of the molecule is CS(=O)(=O)N1CC1C(=O)[O-]. The maximum atomic E-state index is 10.5. The van der Waals surface area contributed by atoms with Crippen molar-refractivity contribution in [2.24, 2.45) is 0 Å². The maximum absolute atomic E-state index is 10.5. The highest BCUT2D eigenvalue weighted by Crippen LogP contribution is 2.19. The molecule has 1 aliphatic rings. The van der Waals surface area contributed by atoms with Gasteiger partial charge in [0.2, 0.25) is 10.0 Å². The number of nitrogens with zero attached hydrogens (tertiary/aromatic N) is 1. The highest BCUT2D eigenvalue weighted by atomic mass is 32.2. The van der Waals surface area contributed by atoms with Crippen LogP contribution in [0.3, 0.4) is 0 Å². The number of sulfonamides is 1. The van der Waals surface area contributed by atoms with Crippen LogP contribution in [-0.2, 0) is 14.8 Å². The van der Waals surface area contributed by atoms with Crippen molar-refractivity contribution in [2.45, 2.75) is 6.04 Å². The van der Waals surface area contributed by atoms with E-state index in [0.29, 0.717) is 0 Å². The van der Waals surface area contributed by atoms with Gasteiger partial charge in [0.1, 0.15) is 0 Å². The molecule has 0 aliphatic carbocycles. The van der Waals surface area contributed by atoms with Gasteiger partial charge < -0.3 is 9.90 Å². The van der Waals surface area contributed by atoms with Crippen molar-refractivity contribution < 1.29 is 18.3 Å². The van der Waals surface area contributed by atoms with E-state index in [1.165, 1.54) is 0 Å². The van der Waals surface area contributed by atoms with Crippen LogP contribution in [0.1, 0.15) is 0 Å². The third-order valence-electron chi connectivity index (χ3n) is 1.26. The fourth-order valence-corrected chi connectivity index (χ4v) is 1.64. The van der Waals surface area contributed by atoms with Crippen molar-refractivity contribution in [2.75, 3.05) is 12.8 Å². The van der Waals surface area contributed by atoms with Gasteiger partial charge in [-0.05, 0) is 0 Å². The molecule has 0 saturated carbocycles. The summed E-state index contributed by atoms with van der Waals surface area (Å²) in [5.74, 6) is -1.33. The van der Waals surface area contributed by atoms with E-state index in [0.717, 1.165) is 10.6 Å². The van der Waals surface area contributed by atoms with Gasteiger partial charge in [-0.1, -0.05) is 0 Å². The minimum Gasteiger partial charge on any atom is -0.548 e. The molecule has 0 N–H and O–H groups in total. The summed E-state index contributed by atoms with van der Waals surface area (Å²) < 4.78 is 21.9. The number of hydrogen-bond donors (Lipinski definition) is 0. The summed E-state index contributed by atoms with van der Waals surface area (Å²) in [5, 5.41) is 10.0. The molecule has 1 saturated heterocycles. The van der Waals surface area contributed by atoms with Crippen molar-refractivity contribution in [1.29, 1.82) is 0 Å². The minimum atomic E-state index is -3.31. The lowest BCUT2D eigenvalue weighted by Gasteiger charge is -1.99. The molecule has 0 radical (unpaired) electrons. The van der Waals surface area contributed by atoms with Gasteiger partial charge in [0.05, 0.1) is 18.3 Å². The quantitative estimate of drug-likeness (QED) is 0.419. The standard InChI is InChI=1S/C4H7NO4S/c1-10(8,9)5-2-3(5)4(6)7/h3H,2H2,1H3,(H,6,7)/p-1. The first-order valence-corrected chi connectivity index (χ1v) is 4.45. The third-order valence-corrected chi connectivity index (χ3v) is 2.52. The average molecular weight is 164 g/mol. The second-order valence-corrected chi connectivity index (χ2v) is 4.10. The van der Waals surface area contributed by atoms with Gasteiger partial charge in [0, 0.05) is 6.54 Å². The Morgan fingerprint density at radius 1 is 1.70 bits per heavy atom. The third kappa shape index (κ3) is 1.27. The van der Waals surface area contributed by atoms with Crippen molar-refractivity contribution in [3.05, 3.63) is 0 Å². The zero-order valence-corrected chi connectivity index (χ0v) is 6.09. The Morgan fingerprint density at radius 2 is 2.20 bits per heavy atom. The molecule has 10 heavy (non-hydrogen) atoms.